The van der Waals surface area contributed by atoms with Gasteiger partial charge in [-0.3, -0.25) is 14.5 Å². The lowest BCUT2D eigenvalue weighted by molar-refractivity contribution is -0.144. The maximum atomic E-state index is 13.7. The Kier molecular flexibility index (Phi) is 11.0. The highest BCUT2D eigenvalue weighted by Crippen LogP contribution is 2.41. The second-order valence-corrected chi connectivity index (χ2v) is 11.4. The first-order chi connectivity index (χ1) is 18.9. The topological polar surface area (TPSA) is 91.8 Å². The highest BCUT2D eigenvalue weighted by atomic mass is 16.7. The summed E-state index contributed by atoms with van der Waals surface area (Å²) in [5, 5.41) is 10.5. The summed E-state index contributed by atoms with van der Waals surface area (Å²) in [4.78, 5) is 32.7. The molecule has 9 nitrogen and oxygen atoms in total. The molecule has 0 aliphatic carbocycles. The first kappa shape index (κ1) is 29.8. The summed E-state index contributed by atoms with van der Waals surface area (Å²) >= 11 is 0. The molecule has 39 heavy (non-hydrogen) atoms. The first-order valence-corrected chi connectivity index (χ1v) is 14.8. The van der Waals surface area contributed by atoms with Crippen LogP contribution in [0.1, 0.15) is 62.5 Å². The fourth-order valence-corrected chi connectivity index (χ4v) is 6.22. The van der Waals surface area contributed by atoms with E-state index in [2.05, 4.69) is 36.9 Å². The molecule has 2 saturated heterocycles. The molecule has 9 heteroatoms. The van der Waals surface area contributed by atoms with Gasteiger partial charge in [0, 0.05) is 38.0 Å². The van der Waals surface area contributed by atoms with Crippen molar-refractivity contribution in [1.29, 1.82) is 0 Å². The predicted molar refractivity (Wildman–Crippen MR) is 149 cm³/mol. The Morgan fingerprint density at radius 2 is 1.77 bits per heavy atom. The molecule has 3 aliphatic heterocycles. The highest BCUT2D eigenvalue weighted by molar-refractivity contribution is 5.79. The van der Waals surface area contributed by atoms with Gasteiger partial charge in [0.1, 0.15) is 5.75 Å². The van der Waals surface area contributed by atoms with Gasteiger partial charge in [-0.2, -0.15) is 0 Å². The Labute approximate surface area is 233 Å². The maximum Gasteiger partial charge on any atom is 0.308 e. The van der Waals surface area contributed by atoms with Crippen LogP contribution in [0, 0.1) is 5.92 Å². The molecule has 0 spiro atoms. The Morgan fingerprint density at radius 3 is 2.49 bits per heavy atom. The number of unbranched alkanes of at least 4 members (excludes halogenated alkanes) is 2. The van der Waals surface area contributed by atoms with E-state index in [0.717, 1.165) is 68.6 Å². The number of nitrogens with zero attached hydrogens (tertiary/aromatic N) is 3. The predicted octanol–water partition coefficient (Wildman–Crippen LogP) is 3.21. The second kappa shape index (κ2) is 14.4. The number of rotatable bonds is 15. The van der Waals surface area contributed by atoms with Crippen molar-refractivity contribution in [3.8, 4) is 5.75 Å². The summed E-state index contributed by atoms with van der Waals surface area (Å²) < 4.78 is 17.0. The molecule has 1 amide bonds. The Hall–Kier alpha value is -2.20. The van der Waals surface area contributed by atoms with Crippen molar-refractivity contribution < 1.29 is 28.9 Å². The molecule has 0 unspecified atom stereocenters. The van der Waals surface area contributed by atoms with Crippen molar-refractivity contribution in [2.24, 2.45) is 5.92 Å². The molecule has 3 heterocycles. The van der Waals surface area contributed by atoms with Crippen LogP contribution < -0.4 is 4.74 Å². The summed E-state index contributed by atoms with van der Waals surface area (Å²) in [6.07, 6.45) is 5.77. The Balaban J connectivity index is 1.51. The quantitative estimate of drug-likeness (QED) is 0.336. The number of carboxylic acids is 1. The van der Waals surface area contributed by atoms with Gasteiger partial charge in [0.15, 0.2) is 6.29 Å². The molecular weight excluding hydrogens is 498 g/mol. The molecule has 4 rings (SSSR count). The third-order valence-electron chi connectivity index (χ3n) is 8.32. The number of aliphatic carboxylic acids is 1. The minimum Gasteiger partial charge on any atom is -0.493 e. The number of benzene rings is 1. The number of likely N-dealkylation sites (tertiary alicyclic amines) is 1. The van der Waals surface area contributed by atoms with Crippen molar-refractivity contribution in [3.63, 3.8) is 0 Å². The largest absolute Gasteiger partial charge is 0.493 e. The molecule has 0 bridgehead atoms. The lowest BCUT2D eigenvalue weighted by atomic mass is 9.83. The number of hydrogen-bond donors (Lipinski definition) is 1. The van der Waals surface area contributed by atoms with E-state index in [1.165, 1.54) is 0 Å². The van der Waals surface area contributed by atoms with E-state index in [4.69, 9.17) is 14.2 Å². The van der Waals surface area contributed by atoms with Crippen molar-refractivity contribution in [2.75, 3.05) is 66.6 Å². The molecule has 0 radical (unpaired) electrons. The maximum absolute atomic E-state index is 13.7. The smallest absolute Gasteiger partial charge is 0.308 e. The molecule has 1 N–H and O–H groups in total. The SMILES string of the molecule is CCCCN(CCCCN(C)C)C(=O)CN1C[C@H](c2ccc3c(c2)CCO3)[C@@H](C(=O)O)[C@@H]1CCC1OCCO1. The van der Waals surface area contributed by atoms with Crippen LogP contribution in [0.2, 0.25) is 0 Å². The van der Waals surface area contributed by atoms with Crippen LogP contribution in [-0.4, -0.2) is 111 Å². The summed E-state index contributed by atoms with van der Waals surface area (Å²) in [6, 6.07) is 5.83. The number of hydrogen-bond acceptors (Lipinski definition) is 7. The molecule has 2 fully saturated rings. The summed E-state index contributed by atoms with van der Waals surface area (Å²) in [6.45, 7) is 7.22. The number of amides is 1. The van der Waals surface area contributed by atoms with E-state index >= 15 is 0 Å². The normalized spacial score (nSPS) is 23.3. The third kappa shape index (κ3) is 7.93. The average Bonchev–Trinajstić information content (AvgIpc) is 3.66. The van der Waals surface area contributed by atoms with Crippen molar-refractivity contribution in [2.45, 2.75) is 70.1 Å². The van der Waals surface area contributed by atoms with Gasteiger partial charge in [-0.1, -0.05) is 25.5 Å². The molecule has 0 saturated carbocycles. The molecule has 3 aliphatic rings. The fourth-order valence-electron chi connectivity index (χ4n) is 6.22. The van der Waals surface area contributed by atoms with Crippen LogP contribution >= 0.6 is 0 Å². The van der Waals surface area contributed by atoms with E-state index in [9.17, 15) is 14.7 Å². The fraction of sp³-hybridized carbons (Fsp3) is 0.733. The monoisotopic (exact) mass is 545 g/mol. The lowest BCUT2D eigenvalue weighted by Crippen LogP contribution is -2.45. The molecule has 218 valence electrons. The number of fused-ring (bicyclic) bond motifs is 1. The lowest BCUT2D eigenvalue weighted by Gasteiger charge is -2.30. The van der Waals surface area contributed by atoms with Crippen LogP contribution in [-0.2, 0) is 25.5 Å². The van der Waals surface area contributed by atoms with Crippen LogP contribution in [0.4, 0.5) is 0 Å². The molecule has 1 aromatic rings. The Bertz CT molecular complexity index is 951. The van der Waals surface area contributed by atoms with Gasteiger partial charge in [-0.05, 0) is 69.9 Å². The summed E-state index contributed by atoms with van der Waals surface area (Å²) in [7, 11) is 4.14. The van der Waals surface area contributed by atoms with Gasteiger partial charge < -0.3 is 29.1 Å². The number of carbonyl (C=O) groups excluding carboxylic acids is 1. The summed E-state index contributed by atoms with van der Waals surface area (Å²) in [5.41, 5.74) is 2.16. The van der Waals surface area contributed by atoms with Gasteiger partial charge in [0.05, 0.1) is 32.3 Å². The van der Waals surface area contributed by atoms with Crippen molar-refractivity contribution in [1.82, 2.24) is 14.7 Å². The van der Waals surface area contributed by atoms with Gasteiger partial charge in [-0.15, -0.1) is 0 Å². The van der Waals surface area contributed by atoms with Gasteiger partial charge in [-0.25, -0.2) is 0 Å². The zero-order valence-electron chi connectivity index (χ0n) is 24.0. The van der Waals surface area contributed by atoms with E-state index in [1.54, 1.807) is 0 Å². The number of carbonyl (C=O) groups is 2. The van der Waals surface area contributed by atoms with Crippen molar-refractivity contribution in [3.05, 3.63) is 29.3 Å². The van der Waals surface area contributed by atoms with E-state index < -0.39 is 11.9 Å². The molecule has 0 aromatic heterocycles. The number of carboxylic acid groups (broad SMARTS) is 1. The van der Waals surface area contributed by atoms with Crippen molar-refractivity contribution >= 4 is 11.9 Å². The zero-order valence-corrected chi connectivity index (χ0v) is 24.0. The minimum atomic E-state index is -0.809. The molecule has 3 atom stereocenters. The van der Waals surface area contributed by atoms with E-state index in [1.807, 2.05) is 17.0 Å². The van der Waals surface area contributed by atoms with Gasteiger partial charge >= 0.3 is 5.97 Å². The average molecular weight is 546 g/mol. The van der Waals surface area contributed by atoms with Crippen LogP contribution in [0.25, 0.3) is 0 Å². The van der Waals surface area contributed by atoms with Gasteiger partial charge in [0.2, 0.25) is 5.91 Å². The first-order valence-electron chi connectivity index (χ1n) is 14.8. The third-order valence-corrected chi connectivity index (χ3v) is 8.32. The molecule has 1 aromatic carbocycles. The molecular formula is C30H47N3O6. The minimum absolute atomic E-state index is 0.0961. The van der Waals surface area contributed by atoms with Crippen LogP contribution in [0.15, 0.2) is 18.2 Å². The zero-order chi connectivity index (χ0) is 27.8. The summed E-state index contributed by atoms with van der Waals surface area (Å²) in [5.74, 6) is -0.622. The highest BCUT2D eigenvalue weighted by Gasteiger charge is 2.47. The standard InChI is InChI=1S/C30H47N3O6/c1-4-5-14-32(15-7-6-13-31(2)3)27(34)21-33-20-24(22-8-10-26-23(19-22)12-16-37-26)29(30(35)36)25(33)9-11-28-38-17-18-39-28/h8,10,19,24-25,28-29H,4-7,9,11-18,20-21H2,1-3H3,(H,35,36)/t24-,25+,29-/m1/s1. The Morgan fingerprint density at radius 1 is 1.03 bits per heavy atom. The van der Waals surface area contributed by atoms with E-state index in [-0.39, 0.29) is 30.7 Å². The number of ether oxygens (including phenoxy) is 3. The second-order valence-electron chi connectivity index (χ2n) is 11.4. The van der Waals surface area contributed by atoms with Crippen LogP contribution in [0.5, 0.6) is 5.75 Å². The van der Waals surface area contributed by atoms with Crippen LogP contribution in [0.3, 0.4) is 0 Å². The van der Waals surface area contributed by atoms with E-state index in [0.29, 0.717) is 39.2 Å². The van der Waals surface area contributed by atoms with Gasteiger partial charge in [0.25, 0.3) is 0 Å².